The highest BCUT2D eigenvalue weighted by Gasteiger charge is 2.12. The standard InChI is InChI=1S/C12H10N2O4/c1-2-18-12(15)6-5-10-4-3-9(8-13)7-11(10)14(16)17/h3-7H,2H2,1H3. The molecule has 0 N–H and O–H groups in total. The van der Waals surface area contributed by atoms with Crippen molar-refractivity contribution in [3.63, 3.8) is 0 Å². The number of carbonyl (C=O) groups excluding carboxylic acids is 1. The van der Waals surface area contributed by atoms with E-state index in [1.54, 1.807) is 6.92 Å². The van der Waals surface area contributed by atoms with Gasteiger partial charge in [-0.3, -0.25) is 10.1 Å². The Labute approximate surface area is 103 Å². The molecule has 92 valence electrons. The molecule has 0 fully saturated rings. The summed E-state index contributed by atoms with van der Waals surface area (Å²) in [7, 11) is 0. The zero-order chi connectivity index (χ0) is 13.5. The fourth-order valence-corrected chi connectivity index (χ4v) is 1.26. The molecule has 18 heavy (non-hydrogen) atoms. The first kappa shape index (κ1) is 13.4. The Morgan fingerprint density at radius 3 is 2.89 bits per heavy atom. The summed E-state index contributed by atoms with van der Waals surface area (Å²) in [4.78, 5) is 21.3. The summed E-state index contributed by atoms with van der Waals surface area (Å²) in [6.07, 6.45) is 2.40. The molecule has 0 radical (unpaired) electrons. The van der Waals surface area contributed by atoms with E-state index in [-0.39, 0.29) is 23.4 Å². The Kier molecular flexibility index (Phi) is 4.58. The predicted octanol–water partition coefficient (Wildman–Crippen LogP) is 2.04. The fourth-order valence-electron chi connectivity index (χ4n) is 1.26. The Balaban J connectivity index is 3.06. The number of hydrogen-bond donors (Lipinski definition) is 0. The van der Waals surface area contributed by atoms with E-state index >= 15 is 0 Å². The maximum absolute atomic E-state index is 11.1. The van der Waals surface area contributed by atoms with Crippen molar-refractivity contribution in [3.8, 4) is 6.07 Å². The van der Waals surface area contributed by atoms with Gasteiger partial charge in [0.2, 0.25) is 0 Å². The van der Waals surface area contributed by atoms with Gasteiger partial charge in [0.1, 0.15) is 0 Å². The summed E-state index contributed by atoms with van der Waals surface area (Å²) in [5, 5.41) is 19.5. The third-order valence-electron chi connectivity index (χ3n) is 2.04. The lowest BCUT2D eigenvalue weighted by atomic mass is 10.1. The van der Waals surface area contributed by atoms with Gasteiger partial charge in [-0.1, -0.05) is 0 Å². The highest BCUT2D eigenvalue weighted by atomic mass is 16.6. The minimum atomic E-state index is -0.605. The van der Waals surface area contributed by atoms with Crippen LogP contribution >= 0.6 is 0 Å². The third-order valence-corrected chi connectivity index (χ3v) is 2.04. The maximum Gasteiger partial charge on any atom is 0.330 e. The first-order valence-electron chi connectivity index (χ1n) is 5.12. The van der Waals surface area contributed by atoms with Crippen LogP contribution in [0.3, 0.4) is 0 Å². The lowest BCUT2D eigenvalue weighted by Gasteiger charge is -1.98. The van der Waals surface area contributed by atoms with Gasteiger partial charge in [-0.05, 0) is 25.1 Å². The van der Waals surface area contributed by atoms with E-state index in [1.165, 1.54) is 18.2 Å². The van der Waals surface area contributed by atoms with Crippen LogP contribution in [0.4, 0.5) is 5.69 Å². The Bertz CT molecular complexity index is 543. The van der Waals surface area contributed by atoms with Gasteiger partial charge in [-0.25, -0.2) is 4.79 Å². The number of nitro benzene ring substituents is 1. The number of nitrogens with zero attached hydrogens (tertiary/aromatic N) is 2. The number of nitro groups is 1. The number of carbonyl (C=O) groups is 1. The first-order chi connectivity index (χ1) is 8.58. The average Bonchev–Trinajstić information content (AvgIpc) is 2.36. The van der Waals surface area contributed by atoms with Crippen molar-refractivity contribution in [1.29, 1.82) is 5.26 Å². The lowest BCUT2D eigenvalue weighted by Crippen LogP contribution is -1.99. The molecule has 0 unspecified atom stereocenters. The van der Waals surface area contributed by atoms with Crippen molar-refractivity contribution in [2.24, 2.45) is 0 Å². The molecule has 0 spiro atoms. The highest BCUT2D eigenvalue weighted by molar-refractivity contribution is 5.88. The van der Waals surface area contributed by atoms with Crippen LogP contribution in [0.25, 0.3) is 6.08 Å². The van der Waals surface area contributed by atoms with E-state index in [9.17, 15) is 14.9 Å². The Morgan fingerprint density at radius 2 is 2.33 bits per heavy atom. The maximum atomic E-state index is 11.1. The van der Waals surface area contributed by atoms with Gasteiger partial charge < -0.3 is 4.74 Å². The monoisotopic (exact) mass is 246 g/mol. The van der Waals surface area contributed by atoms with Crippen LogP contribution in [-0.4, -0.2) is 17.5 Å². The minimum absolute atomic E-state index is 0.190. The highest BCUT2D eigenvalue weighted by Crippen LogP contribution is 2.21. The van der Waals surface area contributed by atoms with Crippen molar-refractivity contribution >= 4 is 17.7 Å². The summed E-state index contributed by atoms with van der Waals surface area (Å²) in [6.45, 7) is 1.90. The van der Waals surface area contributed by atoms with E-state index in [0.717, 1.165) is 12.1 Å². The first-order valence-corrected chi connectivity index (χ1v) is 5.12. The van der Waals surface area contributed by atoms with Crippen LogP contribution in [0, 0.1) is 21.4 Å². The number of ether oxygens (including phenoxy) is 1. The van der Waals surface area contributed by atoms with Gasteiger partial charge >= 0.3 is 5.97 Å². The lowest BCUT2D eigenvalue weighted by molar-refractivity contribution is -0.385. The molecule has 0 atom stereocenters. The van der Waals surface area contributed by atoms with Gasteiger partial charge in [0, 0.05) is 12.1 Å². The number of nitriles is 1. The molecule has 1 rings (SSSR count). The van der Waals surface area contributed by atoms with Gasteiger partial charge in [-0.15, -0.1) is 0 Å². The molecule has 6 nitrogen and oxygen atoms in total. The molecule has 0 aromatic heterocycles. The van der Waals surface area contributed by atoms with Gasteiger partial charge in [0.15, 0.2) is 0 Å². The summed E-state index contributed by atoms with van der Waals surface area (Å²) in [5.74, 6) is -0.573. The fraction of sp³-hybridized carbons (Fsp3) is 0.167. The van der Waals surface area contributed by atoms with Gasteiger partial charge in [0.05, 0.1) is 28.7 Å². The molecule has 1 aromatic carbocycles. The number of esters is 1. The van der Waals surface area contributed by atoms with Crippen molar-refractivity contribution < 1.29 is 14.5 Å². The molecule has 1 aromatic rings. The van der Waals surface area contributed by atoms with Crippen LogP contribution in [0.15, 0.2) is 24.3 Å². The summed E-state index contributed by atoms with van der Waals surface area (Å²) < 4.78 is 4.66. The summed E-state index contributed by atoms with van der Waals surface area (Å²) >= 11 is 0. The molecule has 0 aliphatic heterocycles. The van der Waals surface area contributed by atoms with Crippen molar-refractivity contribution in [2.45, 2.75) is 6.92 Å². The predicted molar refractivity (Wildman–Crippen MR) is 63.5 cm³/mol. The van der Waals surface area contributed by atoms with Crippen molar-refractivity contribution in [2.75, 3.05) is 6.61 Å². The normalized spacial score (nSPS) is 10.0. The molecule has 0 saturated heterocycles. The van der Waals surface area contributed by atoms with Crippen LogP contribution < -0.4 is 0 Å². The molecular formula is C12H10N2O4. The van der Waals surface area contributed by atoms with Crippen molar-refractivity contribution in [1.82, 2.24) is 0 Å². The van der Waals surface area contributed by atoms with E-state index < -0.39 is 10.9 Å². The number of hydrogen-bond acceptors (Lipinski definition) is 5. The Hall–Kier alpha value is -2.68. The largest absolute Gasteiger partial charge is 0.463 e. The number of benzene rings is 1. The molecule has 0 aliphatic rings. The molecule has 0 amide bonds. The molecule has 0 aliphatic carbocycles. The number of rotatable bonds is 4. The van der Waals surface area contributed by atoms with E-state index in [2.05, 4.69) is 4.74 Å². The quantitative estimate of drug-likeness (QED) is 0.350. The SMILES string of the molecule is CCOC(=O)C=Cc1ccc(C#N)cc1[N+](=O)[O-]. The van der Waals surface area contributed by atoms with Gasteiger partial charge in [-0.2, -0.15) is 5.26 Å². The zero-order valence-corrected chi connectivity index (χ0v) is 9.62. The summed E-state index contributed by atoms with van der Waals surface area (Å²) in [5.41, 5.74) is 0.205. The second kappa shape index (κ2) is 6.15. The van der Waals surface area contributed by atoms with Crippen LogP contribution in [0.5, 0.6) is 0 Å². The van der Waals surface area contributed by atoms with Crippen LogP contribution in [-0.2, 0) is 9.53 Å². The van der Waals surface area contributed by atoms with Crippen molar-refractivity contribution in [3.05, 3.63) is 45.5 Å². The second-order valence-corrected chi connectivity index (χ2v) is 3.23. The van der Waals surface area contributed by atoms with E-state index in [0.29, 0.717) is 0 Å². The summed E-state index contributed by atoms with van der Waals surface area (Å²) in [6, 6.07) is 5.82. The molecule has 0 heterocycles. The van der Waals surface area contributed by atoms with Crippen LogP contribution in [0.1, 0.15) is 18.1 Å². The smallest absolute Gasteiger partial charge is 0.330 e. The minimum Gasteiger partial charge on any atom is -0.463 e. The zero-order valence-electron chi connectivity index (χ0n) is 9.62. The topological polar surface area (TPSA) is 93.2 Å². The average molecular weight is 246 g/mol. The second-order valence-electron chi connectivity index (χ2n) is 3.23. The molecule has 0 saturated carbocycles. The molecule has 6 heteroatoms. The van der Waals surface area contributed by atoms with Gasteiger partial charge in [0.25, 0.3) is 5.69 Å². The van der Waals surface area contributed by atoms with Crippen LogP contribution in [0.2, 0.25) is 0 Å². The van der Waals surface area contributed by atoms with E-state index in [4.69, 9.17) is 5.26 Å². The third kappa shape index (κ3) is 3.42. The molecular weight excluding hydrogens is 236 g/mol. The van der Waals surface area contributed by atoms with E-state index in [1.807, 2.05) is 6.07 Å². The Morgan fingerprint density at radius 1 is 1.61 bits per heavy atom. The molecule has 0 bridgehead atoms.